The zero-order valence-electron chi connectivity index (χ0n) is 17.0. The largest absolute Gasteiger partial charge is 0.490 e. The van der Waals surface area contributed by atoms with E-state index >= 15 is 0 Å². The first-order valence-electron chi connectivity index (χ1n) is 9.80. The molecule has 0 fully saturated rings. The van der Waals surface area contributed by atoms with Crippen molar-refractivity contribution >= 4 is 55.1 Å². The monoisotopic (exact) mass is 504 g/mol. The maximum atomic E-state index is 12.5. The number of fused-ring (bicyclic) bond motifs is 1. The van der Waals surface area contributed by atoms with Crippen LogP contribution in [0, 0.1) is 11.3 Å². The van der Waals surface area contributed by atoms with Crippen LogP contribution in [0.2, 0.25) is 0 Å². The number of thiazole rings is 1. The molecule has 0 bridgehead atoms. The predicted molar refractivity (Wildman–Crippen MR) is 130 cm³/mol. The number of esters is 1. The minimum absolute atomic E-state index is 0.288. The number of aromatic nitrogens is 1. The van der Waals surface area contributed by atoms with E-state index in [2.05, 4.69) is 27.0 Å². The van der Waals surface area contributed by atoms with Crippen LogP contribution in [0.1, 0.15) is 27.9 Å². The number of ether oxygens (including phenoxy) is 2. The summed E-state index contributed by atoms with van der Waals surface area (Å²) < 4.78 is 12.9. The van der Waals surface area contributed by atoms with E-state index in [0.29, 0.717) is 33.0 Å². The third-order valence-corrected chi connectivity index (χ3v) is 6.15. The Labute approximate surface area is 197 Å². The maximum Gasteiger partial charge on any atom is 0.343 e. The molecule has 1 aromatic heterocycles. The van der Waals surface area contributed by atoms with Crippen molar-refractivity contribution in [3.63, 3.8) is 0 Å². The summed E-state index contributed by atoms with van der Waals surface area (Å²) >= 11 is 4.95. The Hall–Kier alpha value is -3.47. The van der Waals surface area contributed by atoms with E-state index in [-0.39, 0.29) is 5.75 Å². The lowest BCUT2D eigenvalue weighted by molar-refractivity contribution is 0.0727. The van der Waals surface area contributed by atoms with Crippen molar-refractivity contribution in [2.75, 3.05) is 6.61 Å². The van der Waals surface area contributed by atoms with E-state index in [0.717, 1.165) is 15.8 Å². The van der Waals surface area contributed by atoms with Gasteiger partial charge in [-0.25, -0.2) is 9.78 Å². The van der Waals surface area contributed by atoms with Gasteiger partial charge in [-0.15, -0.1) is 11.3 Å². The second-order valence-corrected chi connectivity index (χ2v) is 8.56. The second-order valence-electron chi connectivity index (χ2n) is 6.68. The summed E-state index contributed by atoms with van der Waals surface area (Å²) in [7, 11) is 0. The van der Waals surface area contributed by atoms with Crippen LogP contribution in [0.25, 0.3) is 21.9 Å². The molecule has 158 valence electrons. The minimum Gasteiger partial charge on any atom is -0.490 e. The summed E-state index contributed by atoms with van der Waals surface area (Å²) in [6.07, 6.45) is 1.74. The van der Waals surface area contributed by atoms with Gasteiger partial charge in [-0.2, -0.15) is 5.26 Å². The predicted octanol–water partition coefficient (Wildman–Crippen LogP) is 6.74. The third kappa shape index (κ3) is 4.72. The van der Waals surface area contributed by atoms with Gasteiger partial charge in [0.2, 0.25) is 0 Å². The van der Waals surface area contributed by atoms with E-state index in [1.165, 1.54) is 11.3 Å². The van der Waals surface area contributed by atoms with Gasteiger partial charge in [0.25, 0.3) is 0 Å². The first-order chi connectivity index (χ1) is 15.6. The van der Waals surface area contributed by atoms with Crippen LogP contribution in [-0.2, 0) is 0 Å². The van der Waals surface area contributed by atoms with Gasteiger partial charge in [-0.3, -0.25) is 0 Å². The van der Waals surface area contributed by atoms with Crippen LogP contribution in [-0.4, -0.2) is 17.6 Å². The van der Waals surface area contributed by atoms with Crippen LogP contribution in [0.5, 0.6) is 11.5 Å². The van der Waals surface area contributed by atoms with E-state index in [9.17, 15) is 10.1 Å². The summed E-state index contributed by atoms with van der Waals surface area (Å²) in [5.41, 5.74) is 2.45. The maximum absolute atomic E-state index is 12.5. The molecular formula is C25H17BrN2O3S. The van der Waals surface area contributed by atoms with Gasteiger partial charge in [0.05, 0.1) is 32.4 Å². The lowest BCUT2D eigenvalue weighted by Gasteiger charge is -2.13. The lowest BCUT2D eigenvalue weighted by Crippen LogP contribution is -2.10. The van der Waals surface area contributed by atoms with Gasteiger partial charge in [0.15, 0.2) is 11.5 Å². The number of halogens is 1. The quantitative estimate of drug-likeness (QED) is 0.165. The highest BCUT2D eigenvalue weighted by atomic mass is 79.9. The summed E-state index contributed by atoms with van der Waals surface area (Å²) in [5, 5.41) is 10.4. The number of nitrogens with zero attached hydrogens (tertiary/aromatic N) is 2. The van der Waals surface area contributed by atoms with Gasteiger partial charge >= 0.3 is 5.97 Å². The molecule has 7 heteroatoms. The third-order valence-electron chi connectivity index (χ3n) is 4.49. The van der Waals surface area contributed by atoms with Gasteiger partial charge in [-0.05, 0) is 70.9 Å². The Bertz CT molecular complexity index is 1320. The molecule has 0 unspecified atom stereocenters. The van der Waals surface area contributed by atoms with Crippen molar-refractivity contribution in [2.45, 2.75) is 6.92 Å². The molecule has 0 amide bonds. The van der Waals surface area contributed by atoms with Crippen molar-refractivity contribution < 1.29 is 14.3 Å². The van der Waals surface area contributed by atoms with E-state index in [1.807, 2.05) is 37.3 Å². The van der Waals surface area contributed by atoms with Crippen LogP contribution in [0.3, 0.4) is 0 Å². The topological polar surface area (TPSA) is 72.2 Å². The first kappa shape index (κ1) is 21.8. The Morgan fingerprint density at radius 1 is 1.16 bits per heavy atom. The molecule has 0 atom stereocenters. The molecule has 4 aromatic rings. The highest BCUT2D eigenvalue weighted by molar-refractivity contribution is 9.10. The number of rotatable bonds is 6. The smallest absolute Gasteiger partial charge is 0.343 e. The number of carbonyl (C=O) groups excluding carboxylic acids is 1. The van der Waals surface area contributed by atoms with Crippen molar-refractivity contribution in [3.8, 4) is 17.6 Å². The molecule has 1 heterocycles. The fourth-order valence-electron chi connectivity index (χ4n) is 3.06. The molecule has 0 aliphatic heterocycles. The minimum atomic E-state index is -0.484. The molecule has 4 rings (SSSR count). The Morgan fingerprint density at radius 3 is 2.62 bits per heavy atom. The molecule has 0 radical (unpaired) electrons. The molecule has 0 spiro atoms. The number of benzene rings is 3. The highest BCUT2D eigenvalue weighted by Crippen LogP contribution is 2.39. The Morgan fingerprint density at radius 2 is 1.91 bits per heavy atom. The number of allylic oxidation sites excluding steroid dienone is 1. The van der Waals surface area contributed by atoms with Crippen molar-refractivity contribution in [1.29, 1.82) is 5.26 Å². The van der Waals surface area contributed by atoms with E-state index < -0.39 is 5.97 Å². The normalized spacial score (nSPS) is 11.2. The standard InChI is InChI=1S/C25H17BrN2O3S/c1-2-30-21-14-16(12-18(15-27)24-28-20-10-6-7-11-22(20)32-24)13-19(26)23(21)31-25(29)17-8-4-3-5-9-17/h3-14H,2H2,1H3/b18-12+. The average molecular weight is 505 g/mol. The van der Waals surface area contributed by atoms with Crippen molar-refractivity contribution in [3.05, 3.63) is 87.3 Å². The fourth-order valence-corrected chi connectivity index (χ4v) is 4.53. The van der Waals surface area contributed by atoms with E-state index in [4.69, 9.17) is 9.47 Å². The summed E-state index contributed by atoms with van der Waals surface area (Å²) in [5.74, 6) is 0.207. The number of hydrogen-bond acceptors (Lipinski definition) is 6. The fraction of sp³-hybridized carbons (Fsp3) is 0.0800. The van der Waals surface area contributed by atoms with Crippen LogP contribution < -0.4 is 9.47 Å². The number of carbonyl (C=O) groups is 1. The number of para-hydroxylation sites is 1. The molecule has 3 aromatic carbocycles. The van der Waals surface area contributed by atoms with Crippen molar-refractivity contribution in [1.82, 2.24) is 4.98 Å². The van der Waals surface area contributed by atoms with Crippen LogP contribution in [0.4, 0.5) is 0 Å². The molecular weight excluding hydrogens is 488 g/mol. The molecule has 0 saturated heterocycles. The molecule has 0 saturated carbocycles. The molecule has 0 aliphatic carbocycles. The van der Waals surface area contributed by atoms with Gasteiger partial charge < -0.3 is 9.47 Å². The van der Waals surface area contributed by atoms with Crippen LogP contribution >= 0.6 is 27.3 Å². The Balaban J connectivity index is 1.70. The molecule has 0 aliphatic rings. The first-order valence-corrected chi connectivity index (χ1v) is 11.4. The summed E-state index contributed by atoms with van der Waals surface area (Å²) in [6, 6.07) is 22.3. The zero-order valence-corrected chi connectivity index (χ0v) is 19.4. The van der Waals surface area contributed by atoms with Crippen molar-refractivity contribution in [2.24, 2.45) is 0 Å². The van der Waals surface area contributed by atoms with E-state index in [1.54, 1.807) is 42.5 Å². The number of hydrogen-bond donors (Lipinski definition) is 0. The van der Waals surface area contributed by atoms with Gasteiger partial charge in [0, 0.05) is 0 Å². The molecule has 32 heavy (non-hydrogen) atoms. The average Bonchev–Trinajstić information content (AvgIpc) is 3.24. The van der Waals surface area contributed by atoms with Gasteiger partial charge in [0.1, 0.15) is 11.1 Å². The highest BCUT2D eigenvalue weighted by Gasteiger charge is 2.18. The molecule has 5 nitrogen and oxygen atoms in total. The van der Waals surface area contributed by atoms with Crippen LogP contribution in [0.15, 0.2) is 71.2 Å². The zero-order chi connectivity index (χ0) is 22.5. The second kappa shape index (κ2) is 9.77. The Kier molecular flexibility index (Phi) is 6.64. The van der Waals surface area contributed by atoms with Gasteiger partial charge in [-0.1, -0.05) is 30.3 Å². The SMILES string of the molecule is CCOc1cc(/C=C(\C#N)c2nc3ccccc3s2)cc(Br)c1OC(=O)c1ccccc1. The summed E-state index contributed by atoms with van der Waals surface area (Å²) in [4.78, 5) is 17.1. The molecule has 0 N–H and O–H groups in total. The number of nitriles is 1. The summed E-state index contributed by atoms with van der Waals surface area (Å²) in [6.45, 7) is 2.24. The lowest BCUT2D eigenvalue weighted by atomic mass is 10.1.